The Balaban J connectivity index is 1.81. The molecule has 0 spiro atoms. The van der Waals surface area contributed by atoms with Gasteiger partial charge in [-0.05, 0) is 69.7 Å². The van der Waals surface area contributed by atoms with E-state index in [1.54, 1.807) is 12.1 Å². The molecule has 5 nitrogen and oxygen atoms in total. The third kappa shape index (κ3) is 6.07. The van der Waals surface area contributed by atoms with Gasteiger partial charge in [0.2, 0.25) is 5.91 Å². The van der Waals surface area contributed by atoms with Crippen LogP contribution >= 0.6 is 21.7 Å². The molecular weight excluding hydrogens is 437 g/mol. The number of anilines is 1. The fourth-order valence-corrected chi connectivity index (χ4v) is 3.60. The quantitative estimate of drug-likeness (QED) is 0.531. The largest absolute Gasteiger partial charge is 0.340 e. The van der Waals surface area contributed by atoms with E-state index in [0.29, 0.717) is 16.1 Å². The number of nitrogens with one attached hydrogen (secondary N) is 2. The molecule has 0 aliphatic heterocycles. The van der Waals surface area contributed by atoms with Crippen LogP contribution in [0, 0.1) is 17.1 Å². The Morgan fingerprint density at radius 3 is 2.42 bits per heavy atom. The zero-order valence-electron chi connectivity index (χ0n) is 16.1. The van der Waals surface area contributed by atoms with Crippen LogP contribution in [0.4, 0.5) is 10.1 Å². The fraction of sp³-hybridized carbons (Fsp3) is 0.0870. The topological polar surface area (TPSA) is 82.0 Å². The number of benzene rings is 3. The van der Waals surface area contributed by atoms with Crippen LogP contribution in [0.2, 0.25) is 0 Å². The second kappa shape index (κ2) is 10.6. The number of amides is 2. The van der Waals surface area contributed by atoms with Gasteiger partial charge in [-0.1, -0.05) is 30.3 Å². The van der Waals surface area contributed by atoms with E-state index in [9.17, 15) is 19.2 Å². The van der Waals surface area contributed by atoms with Crippen molar-refractivity contribution in [3.63, 3.8) is 0 Å². The maximum atomic E-state index is 13.2. The monoisotopic (exact) mass is 453 g/mol. The zero-order chi connectivity index (χ0) is 22.2. The first kappa shape index (κ1) is 22.3. The molecule has 3 rings (SSSR count). The van der Waals surface area contributed by atoms with Crippen molar-refractivity contribution in [2.24, 2.45) is 0 Å². The van der Waals surface area contributed by atoms with Crippen molar-refractivity contribution < 1.29 is 14.0 Å². The number of carbonyl (C=O) groups excluding carboxylic acids is 2. The summed E-state index contributed by atoms with van der Waals surface area (Å²) in [5, 5.41) is 14.7. The molecule has 3 aromatic rings. The highest BCUT2D eigenvalue weighted by molar-refractivity contribution is 8.21. The molecular formula is C23H17ClFN3O2S. The smallest absolute Gasteiger partial charge is 0.251 e. The van der Waals surface area contributed by atoms with Crippen molar-refractivity contribution in [1.82, 2.24) is 5.32 Å². The van der Waals surface area contributed by atoms with Crippen LogP contribution in [0.25, 0.3) is 0 Å². The van der Waals surface area contributed by atoms with Crippen LogP contribution in [-0.2, 0) is 11.2 Å². The normalized spacial score (nSPS) is 11.3. The Morgan fingerprint density at radius 2 is 1.77 bits per heavy atom. The first-order valence-corrected chi connectivity index (χ1v) is 10.9. The lowest BCUT2D eigenvalue weighted by atomic mass is 10.0. The van der Waals surface area contributed by atoms with E-state index in [0.717, 1.165) is 16.5 Å². The van der Waals surface area contributed by atoms with Crippen molar-refractivity contribution in [3.8, 4) is 6.07 Å². The van der Waals surface area contributed by atoms with Crippen molar-refractivity contribution >= 4 is 39.2 Å². The van der Waals surface area contributed by atoms with E-state index < -0.39 is 23.7 Å². The van der Waals surface area contributed by atoms with Gasteiger partial charge in [0.1, 0.15) is 17.9 Å². The standard InChI is InChI=1S/C23H17ClFN3O2S/c24-31-21-11-10-19(13-17(21)14-26)27-23(30)20(12-15-4-2-1-3-5-15)28-22(29)16-6-8-18(25)9-7-16/h1-11,13,20H,12H2,(H,27,30)(H,28,29). The number of hydrogen-bond acceptors (Lipinski definition) is 4. The summed E-state index contributed by atoms with van der Waals surface area (Å²) in [6, 6.07) is 20.2. The van der Waals surface area contributed by atoms with Crippen LogP contribution < -0.4 is 10.6 Å². The Morgan fingerprint density at radius 1 is 1.06 bits per heavy atom. The molecule has 0 radical (unpaired) electrons. The molecule has 1 unspecified atom stereocenters. The maximum Gasteiger partial charge on any atom is 0.251 e. The van der Waals surface area contributed by atoms with E-state index in [1.807, 2.05) is 36.4 Å². The molecule has 3 aromatic carbocycles. The molecule has 0 heterocycles. The molecule has 0 bridgehead atoms. The average Bonchev–Trinajstić information content (AvgIpc) is 2.79. The number of hydrogen-bond donors (Lipinski definition) is 2. The first-order valence-electron chi connectivity index (χ1n) is 9.24. The summed E-state index contributed by atoms with van der Waals surface area (Å²) in [5.74, 6) is -1.40. The summed E-state index contributed by atoms with van der Waals surface area (Å²) in [4.78, 5) is 26.2. The number of nitrogens with zero attached hydrogens (tertiary/aromatic N) is 1. The molecule has 0 saturated heterocycles. The minimum atomic E-state index is -0.896. The predicted octanol–water partition coefficient (Wildman–Crippen LogP) is 4.92. The third-order valence-electron chi connectivity index (χ3n) is 4.46. The van der Waals surface area contributed by atoms with Crippen LogP contribution in [0.15, 0.2) is 77.7 Å². The minimum Gasteiger partial charge on any atom is -0.340 e. The van der Waals surface area contributed by atoms with E-state index >= 15 is 0 Å². The lowest BCUT2D eigenvalue weighted by Gasteiger charge is -2.19. The van der Waals surface area contributed by atoms with Crippen LogP contribution in [0.5, 0.6) is 0 Å². The third-order valence-corrected chi connectivity index (χ3v) is 5.48. The lowest BCUT2D eigenvalue weighted by Crippen LogP contribution is -2.45. The molecule has 31 heavy (non-hydrogen) atoms. The number of rotatable bonds is 7. The van der Waals surface area contributed by atoms with Crippen LogP contribution in [0.3, 0.4) is 0 Å². The van der Waals surface area contributed by atoms with Gasteiger partial charge >= 0.3 is 0 Å². The van der Waals surface area contributed by atoms with E-state index in [2.05, 4.69) is 10.6 Å². The second-order valence-corrected chi connectivity index (χ2v) is 7.67. The van der Waals surface area contributed by atoms with Gasteiger partial charge in [-0.15, -0.1) is 0 Å². The molecule has 8 heteroatoms. The Bertz CT molecular complexity index is 1120. The van der Waals surface area contributed by atoms with Gasteiger partial charge in [0.05, 0.1) is 5.56 Å². The van der Waals surface area contributed by atoms with Gasteiger partial charge in [-0.3, -0.25) is 9.59 Å². The molecule has 0 saturated carbocycles. The summed E-state index contributed by atoms with van der Waals surface area (Å²) in [7, 11) is 6.66. The summed E-state index contributed by atoms with van der Waals surface area (Å²) in [6.45, 7) is 0. The minimum absolute atomic E-state index is 0.238. The number of nitriles is 1. The molecule has 2 N–H and O–H groups in total. The average molecular weight is 454 g/mol. The van der Waals surface area contributed by atoms with Crippen molar-refractivity contribution in [1.29, 1.82) is 5.26 Å². The van der Waals surface area contributed by atoms with E-state index in [4.69, 9.17) is 10.7 Å². The van der Waals surface area contributed by atoms with E-state index in [-0.39, 0.29) is 12.0 Å². The van der Waals surface area contributed by atoms with Crippen molar-refractivity contribution in [2.45, 2.75) is 17.4 Å². The van der Waals surface area contributed by atoms with E-state index in [1.165, 1.54) is 30.3 Å². The molecule has 156 valence electrons. The summed E-state index contributed by atoms with van der Waals surface area (Å²) >= 11 is 0. The summed E-state index contributed by atoms with van der Waals surface area (Å²) in [5.41, 5.74) is 1.83. The van der Waals surface area contributed by atoms with Gasteiger partial charge < -0.3 is 10.6 Å². The SMILES string of the molecule is N#Cc1cc(NC(=O)C(Cc2ccccc2)NC(=O)c2ccc(F)cc2)ccc1SCl. The Hall–Kier alpha value is -3.34. The zero-order valence-corrected chi connectivity index (χ0v) is 17.7. The summed E-state index contributed by atoms with van der Waals surface area (Å²) in [6.07, 6.45) is 0.250. The maximum absolute atomic E-state index is 13.2. The Kier molecular flexibility index (Phi) is 7.65. The summed E-state index contributed by atoms with van der Waals surface area (Å²) < 4.78 is 13.2. The first-order chi connectivity index (χ1) is 15.0. The number of carbonyl (C=O) groups is 2. The van der Waals surface area contributed by atoms with Gasteiger partial charge in [0.25, 0.3) is 5.91 Å². The highest BCUT2D eigenvalue weighted by Gasteiger charge is 2.22. The molecule has 0 aliphatic carbocycles. The molecule has 1 atom stereocenters. The van der Waals surface area contributed by atoms with Gasteiger partial charge in [-0.2, -0.15) is 5.26 Å². The molecule has 0 aromatic heterocycles. The fourth-order valence-electron chi connectivity index (χ4n) is 2.89. The van der Waals surface area contributed by atoms with Crippen LogP contribution in [-0.4, -0.2) is 17.9 Å². The predicted molar refractivity (Wildman–Crippen MR) is 119 cm³/mol. The van der Waals surface area contributed by atoms with Gasteiger partial charge in [0, 0.05) is 22.6 Å². The number of halogens is 2. The second-order valence-electron chi connectivity index (χ2n) is 6.61. The molecule has 2 amide bonds. The van der Waals surface area contributed by atoms with Gasteiger partial charge in [-0.25, -0.2) is 4.39 Å². The van der Waals surface area contributed by atoms with Crippen molar-refractivity contribution in [3.05, 3.63) is 95.3 Å². The lowest BCUT2D eigenvalue weighted by molar-refractivity contribution is -0.118. The highest BCUT2D eigenvalue weighted by atomic mass is 35.7. The van der Waals surface area contributed by atoms with Crippen LogP contribution in [0.1, 0.15) is 21.5 Å². The van der Waals surface area contributed by atoms with Crippen molar-refractivity contribution in [2.75, 3.05) is 5.32 Å². The Labute approximate surface area is 187 Å². The highest BCUT2D eigenvalue weighted by Crippen LogP contribution is 2.28. The van der Waals surface area contributed by atoms with Gasteiger partial charge in [0.15, 0.2) is 0 Å². The molecule has 0 aliphatic rings. The molecule has 0 fully saturated rings.